The largest absolute Gasteiger partial charge is 0.492 e. The van der Waals surface area contributed by atoms with Gasteiger partial charge in [0.05, 0.1) is 16.6 Å². The van der Waals surface area contributed by atoms with Gasteiger partial charge in [0, 0.05) is 0 Å². The molecule has 3 nitrogen and oxygen atoms in total. The summed E-state index contributed by atoms with van der Waals surface area (Å²) in [6.45, 7) is 0.784. The average molecular weight is 336 g/mol. The molecule has 2 fully saturated rings. The predicted molar refractivity (Wildman–Crippen MR) is 80.6 cm³/mol. The van der Waals surface area contributed by atoms with Crippen molar-refractivity contribution in [1.29, 1.82) is 0 Å². The lowest BCUT2D eigenvalue weighted by atomic mass is 9.89. The lowest BCUT2D eigenvalue weighted by Gasteiger charge is -2.23. The first-order chi connectivity index (χ1) is 9.73. The Morgan fingerprint density at radius 2 is 2.10 bits per heavy atom. The van der Waals surface area contributed by atoms with E-state index in [1.807, 2.05) is 18.2 Å². The number of rotatable bonds is 5. The van der Waals surface area contributed by atoms with Crippen LogP contribution in [0.4, 0.5) is 0 Å². The standard InChI is InChI=1S/C16H18BrNO2/c17-14-6-5-13(9-15(14)20-10-12-3-4-12)16(18-11-19)7-1-2-8-16/h5-6,9,12H,1-4,7-8,10H2. The topological polar surface area (TPSA) is 38.7 Å². The van der Waals surface area contributed by atoms with Gasteiger partial charge in [0.15, 0.2) is 0 Å². The second-order valence-corrected chi connectivity index (χ2v) is 6.70. The number of benzene rings is 1. The Labute approximate surface area is 127 Å². The minimum Gasteiger partial charge on any atom is -0.492 e. The van der Waals surface area contributed by atoms with E-state index in [4.69, 9.17) is 4.74 Å². The van der Waals surface area contributed by atoms with Gasteiger partial charge in [-0.15, -0.1) is 0 Å². The van der Waals surface area contributed by atoms with Crippen LogP contribution in [0.2, 0.25) is 0 Å². The molecule has 1 aromatic rings. The normalized spacial score (nSPS) is 20.4. The van der Waals surface area contributed by atoms with Crippen molar-refractivity contribution in [2.45, 2.75) is 44.1 Å². The minimum absolute atomic E-state index is 0.375. The number of isocyanates is 1. The van der Waals surface area contributed by atoms with E-state index in [0.717, 1.165) is 54.0 Å². The van der Waals surface area contributed by atoms with Crippen molar-refractivity contribution < 1.29 is 9.53 Å². The summed E-state index contributed by atoms with van der Waals surface area (Å²) < 4.78 is 6.86. The maximum atomic E-state index is 10.8. The number of hydrogen-bond donors (Lipinski definition) is 0. The van der Waals surface area contributed by atoms with Gasteiger partial charge < -0.3 is 4.74 Å². The molecule has 3 rings (SSSR count). The van der Waals surface area contributed by atoms with Crippen molar-refractivity contribution in [2.24, 2.45) is 10.9 Å². The van der Waals surface area contributed by atoms with Crippen LogP contribution in [0.15, 0.2) is 27.7 Å². The number of hydrogen-bond acceptors (Lipinski definition) is 3. The van der Waals surface area contributed by atoms with E-state index in [9.17, 15) is 4.79 Å². The maximum absolute atomic E-state index is 10.8. The van der Waals surface area contributed by atoms with Crippen LogP contribution in [-0.2, 0) is 10.3 Å². The van der Waals surface area contributed by atoms with Gasteiger partial charge in [0.25, 0.3) is 0 Å². The van der Waals surface area contributed by atoms with E-state index in [-0.39, 0.29) is 5.54 Å². The fourth-order valence-electron chi connectivity index (χ4n) is 2.91. The lowest BCUT2D eigenvalue weighted by molar-refractivity contribution is 0.296. The van der Waals surface area contributed by atoms with Crippen LogP contribution >= 0.6 is 15.9 Å². The molecule has 0 amide bonds. The molecular formula is C16H18BrNO2. The molecule has 106 valence electrons. The molecule has 0 N–H and O–H groups in total. The fraction of sp³-hybridized carbons (Fsp3) is 0.562. The summed E-state index contributed by atoms with van der Waals surface area (Å²) in [5.41, 5.74) is 0.701. The Morgan fingerprint density at radius 1 is 1.35 bits per heavy atom. The molecule has 0 aliphatic heterocycles. The van der Waals surface area contributed by atoms with E-state index in [2.05, 4.69) is 20.9 Å². The zero-order valence-electron chi connectivity index (χ0n) is 11.4. The molecule has 2 aliphatic carbocycles. The van der Waals surface area contributed by atoms with E-state index in [0.29, 0.717) is 0 Å². The van der Waals surface area contributed by atoms with E-state index in [1.54, 1.807) is 6.08 Å². The molecule has 2 aliphatic rings. The zero-order valence-corrected chi connectivity index (χ0v) is 13.0. The van der Waals surface area contributed by atoms with Crippen molar-refractivity contribution in [2.75, 3.05) is 6.61 Å². The van der Waals surface area contributed by atoms with Gasteiger partial charge >= 0.3 is 0 Å². The molecule has 0 radical (unpaired) electrons. The Balaban J connectivity index is 1.87. The summed E-state index contributed by atoms with van der Waals surface area (Å²) in [4.78, 5) is 14.9. The SMILES string of the molecule is O=C=NC1(c2ccc(Br)c(OCC3CC3)c2)CCCC1. The molecule has 0 atom stereocenters. The number of aliphatic imine (C=N–C) groups is 1. The molecule has 4 heteroatoms. The highest BCUT2D eigenvalue weighted by Crippen LogP contribution is 2.44. The highest BCUT2D eigenvalue weighted by atomic mass is 79.9. The molecule has 1 aromatic carbocycles. The van der Waals surface area contributed by atoms with Crippen LogP contribution < -0.4 is 4.74 Å². The first-order valence-corrected chi connectivity index (χ1v) is 8.05. The molecule has 0 spiro atoms. The molecule has 0 bridgehead atoms. The van der Waals surface area contributed by atoms with Crippen LogP contribution in [0, 0.1) is 5.92 Å². The fourth-order valence-corrected chi connectivity index (χ4v) is 3.27. The van der Waals surface area contributed by atoms with Crippen molar-refractivity contribution in [1.82, 2.24) is 0 Å². The zero-order chi connectivity index (χ0) is 14.0. The van der Waals surface area contributed by atoms with Crippen molar-refractivity contribution >= 4 is 22.0 Å². The van der Waals surface area contributed by atoms with Crippen molar-refractivity contribution in [3.63, 3.8) is 0 Å². The third kappa shape index (κ3) is 2.82. The minimum atomic E-state index is -0.375. The number of ether oxygens (including phenoxy) is 1. The highest BCUT2D eigenvalue weighted by molar-refractivity contribution is 9.10. The Morgan fingerprint density at radius 3 is 2.75 bits per heavy atom. The van der Waals surface area contributed by atoms with Crippen LogP contribution in [0.3, 0.4) is 0 Å². The quantitative estimate of drug-likeness (QED) is 0.592. The molecule has 0 unspecified atom stereocenters. The van der Waals surface area contributed by atoms with Gasteiger partial charge in [-0.2, -0.15) is 4.99 Å². The summed E-state index contributed by atoms with van der Waals surface area (Å²) in [5.74, 6) is 1.58. The smallest absolute Gasteiger partial charge is 0.235 e. The highest BCUT2D eigenvalue weighted by Gasteiger charge is 2.36. The van der Waals surface area contributed by atoms with Gasteiger partial charge in [-0.3, -0.25) is 0 Å². The summed E-state index contributed by atoms with van der Waals surface area (Å²) in [6, 6.07) is 6.08. The second kappa shape index (κ2) is 5.71. The predicted octanol–water partition coefficient (Wildman–Crippen LogP) is 4.34. The van der Waals surface area contributed by atoms with Gasteiger partial charge in [-0.1, -0.05) is 18.9 Å². The van der Waals surface area contributed by atoms with Crippen LogP contribution in [-0.4, -0.2) is 12.7 Å². The van der Waals surface area contributed by atoms with Gasteiger partial charge in [0.2, 0.25) is 6.08 Å². The van der Waals surface area contributed by atoms with Crippen molar-refractivity contribution in [3.05, 3.63) is 28.2 Å². The van der Waals surface area contributed by atoms with Crippen molar-refractivity contribution in [3.8, 4) is 5.75 Å². The molecule has 2 saturated carbocycles. The molecule has 20 heavy (non-hydrogen) atoms. The van der Waals surface area contributed by atoms with Gasteiger partial charge in [-0.05, 0) is 65.2 Å². The Bertz CT molecular complexity index is 541. The first-order valence-electron chi connectivity index (χ1n) is 7.25. The van der Waals surface area contributed by atoms with Gasteiger partial charge in [0.1, 0.15) is 5.75 Å². The second-order valence-electron chi connectivity index (χ2n) is 5.84. The van der Waals surface area contributed by atoms with Crippen LogP contribution in [0.5, 0.6) is 5.75 Å². The molecule has 0 saturated heterocycles. The maximum Gasteiger partial charge on any atom is 0.235 e. The monoisotopic (exact) mass is 335 g/mol. The number of carbonyl (C=O) groups excluding carboxylic acids is 1. The average Bonchev–Trinajstić information content (AvgIpc) is 3.16. The summed E-state index contributed by atoms with van der Waals surface area (Å²) in [5, 5.41) is 0. The third-order valence-corrected chi connectivity index (χ3v) is 4.99. The summed E-state index contributed by atoms with van der Waals surface area (Å²) in [6.07, 6.45) is 8.38. The molecule has 0 heterocycles. The molecular weight excluding hydrogens is 318 g/mol. The molecule has 0 aromatic heterocycles. The van der Waals surface area contributed by atoms with E-state index >= 15 is 0 Å². The third-order valence-electron chi connectivity index (χ3n) is 4.33. The number of nitrogens with zero attached hydrogens (tertiary/aromatic N) is 1. The van der Waals surface area contributed by atoms with Gasteiger partial charge in [-0.25, -0.2) is 4.79 Å². The Hall–Kier alpha value is -1.12. The summed E-state index contributed by atoms with van der Waals surface area (Å²) >= 11 is 3.53. The van der Waals surface area contributed by atoms with E-state index < -0.39 is 0 Å². The first kappa shape index (κ1) is 13.8. The van der Waals surface area contributed by atoms with E-state index in [1.165, 1.54) is 12.8 Å². The number of halogens is 1. The lowest BCUT2D eigenvalue weighted by Crippen LogP contribution is -2.19. The Kier molecular flexibility index (Phi) is 3.95. The van der Waals surface area contributed by atoms with Crippen LogP contribution in [0.1, 0.15) is 44.1 Å². The summed E-state index contributed by atoms with van der Waals surface area (Å²) in [7, 11) is 0. The van der Waals surface area contributed by atoms with Crippen LogP contribution in [0.25, 0.3) is 0 Å².